The molecule has 0 amide bonds. The van der Waals surface area contributed by atoms with Gasteiger partial charge < -0.3 is 9.40 Å². The van der Waals surface area contributed by atoms with Gasteiger partial charge >= 0.3 is 0 Å². The average Bonchev–Trinajstić information content (AvgIpc) is 3.67. The van der Waals surface area contributed by atoms with Crippen molar-refractivity contribution in [2.75, 3.05) is 0 Å². The fraction of sp³-hybridized carbons (Fsp3) is 0. The van der Waals surface area contributed by atoms with Crippen molar-refractivity contribution in [3.63, 3.8) is 0 Å². The van der Waals surface area contributed by atoms with Crippen LogP contribution in [0.5, 0.6) is 0 Å². The van der Waals surface area contributed by atoms with E-state index in [1.165, 1.54) is 0 Å². The number of para-hydroxylation sites is 2. The largest absolute Gasteiger partial charge is 0.455 e. The number of aromatic nitrogens is 3. The van der Waals surface area contributed by atoms with Crippen LogP contribution in [0, 0.1) is 0 Å². The van der Waals surface area contributed by atoms with Crippen molar-refractivity contribution in [3.8, 4) is 44.9 Å². The lowest BCUT2D eigenvalue weighted by molar-refractivity contribution is 0.670. The van der Waals surface area contributed by atoms with Crippen molar-refractivity contribution in [2.24, 2.45) is 0 Å². The molecule has 0 saturated carbocycles. The SMILES string of the molecule is c1ccc(-c2nc(-c3ccccc3)c3c(n2)[nH]c2ccc(-c4ccc(-c5cccc6c5oc5ccccc56)cc4)cc23)cc1. The van der Waals surface area contributed by atoms with E-state index in [4.69, 9.17) is 14.4 Å². The normalized spacial score (nSPS) is 11.6. The fourth-order valence-corrected chi connectivity index (χ4v) is 6.31. The van der Waals surface area contributed by atoms with Crippen molar-refractivity contribution in [3.05, 3.63) is 146 Å². The van der Waals surface area contributed by atoms with Crippen molar-refractivity contribution < 1.29 is 4.42 Å². The summed E-state index contributed by atoms with van der Waals surface area (Å²) in [5.74, 6) is 0.707. The van der Waals surface area contributed by atoms with Gasteiger partial charge in [0.2, 0.25) is 0 Å². The Morgan fingerprint density at radius 2 is 1.16 bits per heavy atom. The predicted octanol–water partition coefficient (Wildman–Crippen LogP) is 10.7. The zero-order valence-corrected chi connectivity index (χ0v) is 23.7. The first-order valence-corrected chi connectivity index (χ1v) is 14.8. The highest BCUT2D eigenvalue weighted by molar-refractivity contribution is 6.13. The first-order valence-electron chi connectivity index (χ1n) is 14.8. The second kappa shape index (κ2) is 9.79. The number of aromatic amines is 1. The van der Waals surface area contributed by atoms with E-state index in [0.29, 0.717) is 5.82 Å². The van der Waals surface area contributed by atoms with Crippen LogP contribution in [0.1, 0.15) is 0 Å². The number of furan rings is 1. The van der Waals surface area contributed by atoms with E-state index in [1.807, 2.05) is 36.4 Å². The Balaban J connectivity index is 1.17. The second-order valence-electron chi connectivity index (χ2n) is 11.1. The van der Waals surface area contributed by atoms with Crippen LogP contribution in [0.25, 0.3) is 88.8 Å². The summed E-state index contributed by atoms with van der Waals surface area (Å²) in [6.07, 6.45) is 0. The highest BCUT2D eigenvalue weighted by atomic mass is 16.3. The summed E-state index contributed by atoms with van der Waals surface area (Å²) >= 11 is 0. The van der Waals surface area contributed by atoms with E-state index in [-0.39, 0.29) is 0 Å². The zero-order valence-electron chi connectivity index (χ0n) is 23.7. The first kappa shape index (κ1) is 24.6. The van der Waals surface area contributed by atoms with Gasteiger partial charge in [0.15, 0.2) is 5.82 Å². The molecule has 9 rings (SSSR count). The Morgan fingerprint density at radius 1 is 0.477 bits per heavy atom. The minimum Gasteiger partial charge on any atom is -0.455 e. The number of benzene rings is 6. The molecule has 0 atom stereocenters. The quantitative estimate of drug-likeness (QED) is 0.232. The molecular formula is C40H25N3O. The lowest BCUT2D eigenvalue weighted by atomic mass is 9.97. The molecule has 0 spiro atoms. The van der Waals surface area contributed by atoms with Crippen LogP contribution in [0.3, 0.4) is 0 Å². The smallest absolute Gasteiger partial charge is 0.162 e. The van der Waals surface area contributed by atoms with Gasteiger partial charge in [-0.05, 0) is 34.9 Å². The zero-order chi connectivity index (χ0) is 29.0. The van der Waals surface area contributed by atoms with Crippen molar-refractivity contribution >= 4 is 43.9 Å². The number of fused-ring (bicyclic) bond motifs is 6. The fourth-order valence-electron chi connectivity index (χ4n) is 6.31. The van der Waals surface area contributed by atoms with Crippen molar-refractivity contribution in [1.29, 1.82) is 0 Å². The molecule has 0 aliphatic carbocycles. The van der Waals surface area contributed by atoms with Crippen LogP contribution in [-0.2, 0) is 0 Å². The van der Waals surface area contributed by atoms with Gasteiger partial charge in [0.25, 0.3) is 0 Å². The summed E-state index contributed by atoms with van der Waals surface area (Å²) in [6.45, 7) is 0. The number of H-pyrrole nitrogens is 1. The molecule has 44 heavy (non-hydrogen) atoms. The molecule has 1 N–H and O–H groups in total. The van der Waals surface area contributed by atoms with Gasteiger partial charge in [-0.1, -0.05) is 127 Å². The maximum Gasteiger partial charge on any atom is 0.162 e. The molecule has 0 unspecified atom stereocenters. The van der Waals surface area contributed by atoms with E-state index in [9.17, 15) is 0 Å². The van der Waals surface area contributed by atoms with E-state index < -0.39 is 0 Å². The molecule has 6 aromatic carbocycles. The van der Waals surface area contributed by atoms with Crippen molar-refractivity contribution in [2.45, 2.75) is 0 Å². The maximum atomic E-state index is 6.30. The van der Waals surface area contributed by atoms with Gasteiger partial charge in [-0.25, -0.2) is 9.97 Å². The van der Waals surface area contributed by atoms with E-state index in [1.54, 1.807) is 0 Å². The van der Waals surface area contributed by atoms with E-state index in [0.717, 1.165) is 82.9 Å². The van der Waals surface area contributed by atoms with Gasteiger partial charge in [-0.2, -0.15) is 0 Å². The summed E-state index contributed by atoms with van der Waals surface area (Å²) in [7, 11) is 0. The average molecular weight is 564 g/mol. The molecule has 4 heteroatoms. The number of hydrogen-bond donors (Lipinski definition) is 1. The lowest BCUT2D eigenvalue weighted by Crippen LogP contribution is -1.94. The number of nitrogens with one attached hydrogen (secondary N) is 1. The lowest BCUT2D eigenvalue weighted by Gasteiger charge is -2.08. The monoisotopic (exact) mass is 563 g/mol. The third-order valence-corrected chi connectivity index (χ3v) is 8.46. The molecule has 0 saturated heterocycles. The minimum atomic E-state index is 0.707. The number of nitrogens with zero attached hydrogens (tertiary/aromatic N) is 2. The summed E-state index contributed by atoms with van der Waals surface area (Å²) in [5, 5.41) is 4.41. The van der Waals surface area contributed by atoms with Crippen LogP contribution >= 0.6 is 0 Å². The number of hydrogen-bond acceptors (Lipinski definition) is 3. The molecule has 3 aromatic heterocycles. The highest BCUT2D eigenvalue weighted by Crippen LogP contribution is 2.38. The molecule has 0 aliphatic rings. The molecule has 0 radical (unpaired) electrons. The standard InChI is InChI=1S/C40H25N3O/c1-3-10-27(11-4-1)37-36-33-24-29(22-23-34(33)41-40(36)43-39(42-37)28-12-5-2-6-13-28)25-18-20-26(21-19-25)30-15-9-16-32-31-14-7-8-17-35(31)44-38(30)32/h1-24H,(H,41,42,43). The summed E-state index contributed by atoms with van der Waals surface area (Å²) < 4.78 is 6.30. The molecule has 206 valence electrons. The molecule has 9 aromatic rings. The summed E-state index contributed by atoms with van der Waals surface area (Å²) in [6, 6.07) is 50.4. The maximum absolute atomic E-state index is 6.30. The summed E-state index contributed by atoms with van der Waals surface area (Å²) in [4.78, 5) is 13.7. The molecule has 0 bridgehead atoms. The third-order valence-electron chi connectivity index (χ3n) is 8.46. The third kappa shape index (κ3) is 3.92. The Hall–Kier alpha value is -6.00. The molecule has 3 heterocycles. The van der Waals surface area contributed by atoms with Gasteiger partial charge in [-0.3, -0.25) is 0 Å². The van der Waals surface area contributed by atoms with Gasteiger partial charge in [0.1, 0.15) is 16.8 Å². The van der Waals surface area contributed by atoms with Gasteiger partial charge in [-0.15, -0.1) is 0 Å². The van der Waals surface area contributed by atoms with E-state index in [2.05, 4.69) is 114 Å². The predicted molar refractivity (Wildman–Crippen MR) is 180 cm³/mol. The molecule has 4 nitrogen and oxygen atoms in total. The summed E-state index contributed by atoms with van der Waals surface area (Å²) in [5.41, 5.74) is 11.2. The van der Waals surface area contributed by atoms with Crippen LogP contribution in [0.15, 0.2) is 150 Å². The van der Waals surface area contributed by atoms with Crippen molar-refractivity contribution in [1.82, 2.24) is 15.0 Å². The topological polar surface area (TPSA) is 54.7 Å². The van der Waals surface area contributed by atoms with Gasteiger partial charge in [0, 0.05) is 38.4 Å². The molecule has 0 aliphatic heterocycles. The Labute approximate surface area is 253 Å². The highest BCUT2D eigenvalue weighted by Gasteiger charge is 2.17. The minimum absolute atomic E-state index is 0.707. The second-order valence-corrected chi connectivity index (χ2v) is 11.1. The van der Waals surface area contributed by atoms with Gasteiger partial charge in [0.05, 0.1) is 11.1 Å². The first-order chi connectivity index (χ1) is 21.8. The van der Waals surface area contributed by atoms with Crippen LogP contribution in [0.2, 0.25) is 0 Å². The van der Waals surface area contributed by atoms with Crippen LogP contribution in [0.4, 0.5) is 0 Å². The molecule has 0 fully saturated rings. The van der Waals surface area contributed by atoms with E-state index >= 15 is 0 Å². The number of rotatable bonds is 4. The Morgan fingerprint density at radius 3 is 1.98 bits per heavy atom. The van der Waals surface area contributed by atoms with Crippen LogP contribution in [-0.4, -0.2) is 15.0 Å². The molecular weight excluding hydrogens is 538 g/mol. The Kier molecular flexibility index (Phi) is 5.47. The van der Waals surface area contributed by atoms with Crippen LogP contribution < -0.4 is 0 Å². The Bertz CT molecular complexity index is 2470.